The van der Waals surface area contributed by atoms with Crippen molar-refractivity contribution in [3.05, 3.63) is 0 Å². The monoisotopic (exact) mass is 366 g/mol. The van der Waals surface area contributed by atoms with Gasteiger partial charge in [-0.3, -0.25) is 14.4 Å². The lowest BCUT2D eigenvalue weighted by Gasteiger charge is -2.36. The van der Waals surface area contributed by atoms with Gasteiger partial charge in [0.15, 0.2) is 0 Å². The molecule has 0 radical (unpaired) electrons. The van der Waals surface area contributed by atoms with Crippen LogP contribution in [-0.4, -0.2) is 54.3 Å². The molecule has 1 aliphatic heterocycles. The molecular formula is C19H34N4O3. The molecule has 0 aromatic heterocycles. The Bertz CT molecular complexity index is 491. The Hall–Kier alpha value is -1.63. The summed E-state index contributed by atoms with van der Waals surface area (Å²) in [4.78, 5) is 38.5. The molecule has 26 heavy (non-hydrogen) atoms. The first-order chi connectivity index (χ1) is 12.5. The molecule has 4 N–H and O–H groups in total. The van der Waals surface area contributed by atoms with Gasteiger partial charge in [-0.05, 0) is 39.0 Å². The molecule has 7 heteroatoms. The van der Waals surface area contributed by atoms with E-state index in [0.29, 0.717) is 25.9 Å². The highest BCUT2D eigenvalue weighted by Gasteiger charge is 2.29. The van der Waals surface area contributed by atoms with Crippen LogP contribution in [0.15, 0.2) is 0 Å². The number of carbonyl (C=O) groups is 3. The minimum atomic E-state index is -0.162. The number of nitrogens with zero attached hydrogens (tertiary/aromatic N) is 1. The average molecular weight is 367 g/mol. The van der Waals surface area contributed by atoms with E-state index in [1.54, 1.807) is 0 Å². The molecule has 7 nitrogen and oxygen atoms in total. The highest BCUT2D eigenvalue weighted by Crippen LogP contribution is 2.25. The summed E-state index contributed by atoms with van der Waals surface area (Å²) in [7, 11) is 0. The molecule has 1 aliphatic carbocycles. The van der Waals surface area contributed by atoms with Gasteiger partial charge in [-0.1, -0.05) is 12.8 Å². The summed E-state index contributed by atoms with van der Waals surface area (Å²) in [5, 5.41) is 5.88. The van der Waals surface area contributed by atoms with Gasteiger partial charge in [-0.25, -0.2) is 0 Å². The van der Waals surface area contributed by atoms with E-state index in [1.165, 1.54) is 0 Å². The van der Waals surface area contributed by atoms with Crippen molar-refractivity contribution in [1.29, 1.82) is 0 Å². The minimum absolute atomic E-state index is 0.0377. The molecule has 0 aromatic rings. The molecule has 2 unspecified atom stereocenters. The van der Waals surface area contributed by atoms with Crippen molar-refractivity contribution in [2.45, 2.75) is 76.8 Å². The van der Waals surface area contributed by atoms with Gasteiger partial charge >= 0.3 is 0 Å². The van der Waals surface area contributed by atoms with Crippen LogP contribution in [0.5, 0.6) is 0 Å². The fraction of sp³-hybridized carbons (Fsp3) is 0.842. The Morgan fingerprint density at radius 1 is 1.12 bits per heavy atom. The van der Waals surface area contributed by atoms with Crippen molar-refractivity contribution in [3.8, 4) is 0 Å². The summed E-state index contributed by atoms with van der Waals surface area (Å²) in [5.74, 6) is 0.199. The molecule has 2 fully saturated rings. The fourth-order valence-corrected chi connectivity index (χ4v) is 3.97. The van der Waals surface area contributed by atoms with Crippen LogP contribution in [0.1, 0.15) is 64.7 Å². The number of nitrogens with one attached hydrogen (secondary N) is 2. The largest absolute Gasteiger partial charge is 0.354 e. The summed E-state index contributed by atoms with van der Waals surface area (Å²) in [6.07, 6.45) is 7.74. The number of hydrogen-bond donors (Lipinski definition) is 3. The Morgan fingerprint density at radius 3 is 2.50 bits per heavy atom. The molecule has 3 amide bonds. The zero-order valence-corrected chi connectivity index (χ0v) is 16.0. The van der Waals surface area contributed by atoms with E-state index in [2.05, 4.69) is 10.6 Å². The van der Waals surface area contributed by atoms with E-state index in [-0.39, 0.29) is 35.7 Å². The van der Waals surface area contributed by atoms with Crippen LogP contribution in [0, 0.1) is 5.92 Å². The van der Waals surface area contributed by atoms with Crippen molar-refractivity contribution in [1.82, 2.24) is 15.5 Å². The van der Waals surface area contributed by atoms with E-state index in [9.17, 15) is 14.4 Å². The smallest absolute Gasteiger partial charge is 0.224 e. The molecule has 0 spiro atoms. The lowest BCUT2D eigenvalue weighted by atomic mass is 10.0. The van der Waals surface area contributed by atoms with Gasteiger partial charge in [0.05, 0.1) is 0 Å². The second-order valence-electron chi connectivity index (χ2n) is 7.67. The summed E-state index contributed by atoms with van der Waals surface area (Å²) in [6, 6.07) is -0.124. The number of amides is 3. The van der Waals surface area contributed by atoms with Crippen molar-refractivity contribution < 1.29 is 14.4 Å². The third kappa shape index (κ3) is 6.27. The maximum absolute atomic E-state index is 12.7. The lowest BCUT2D eigenvalue weighted by molar-refractivity contribution is -0.136. The molecule has 2 aliphatic rings. The van der Waals surface area contributed by atoms with Crippen LogP contribution in [0.25, 0.3) is 0 Å². The first kappa shape index (κ1) is 20.7. The highest BCUT2D eigenvalue weighted by molar-refractivity contribution is 5.81. The van der Waals surface area contributed by atoms with Crippen LogP contribution < -0.4 is 16.4 Å². The maximum Gasteiger partial charge on any atom is 0.224 e. The molecule has 2 rings (SSSR count). The lowest BCUT2D eigenvalue weighted by Crippen LogP contribution is -2.51. The molecule has 1 heterocycles. The first-order valence-corrected chi connectivity index (χ1v) is 10.1. The average Bonchev–Trinajstić information content (AvgIpc) is 3.15. The standard InChI is InChI=1S/C19H34N4O3/c1-14(22-19(26)15-6-2-3-7-15)12-18(25)23-11-5-4-8-16(23)13-21-17(24)9-10-20/h14-16H,2-13,20H2,1H3,(H,21,24)(H,22,26). The number of likely N-dealkylation sites (tertiary alicyclic amines) is 1. The van der Waals surface area contributed by atoms with Crippen LogP contribution in [0.2, 0.25) is 0 Å². The molecule has 1 saturated carbocycles. The van der Waals surface area contributed by atoms with Gasteiger partial charge in [0.2, 0.25) is 17.7 Å². The SMILES string of the molecule is CC(CC(=O)N1CCCCC1CNC(=O)CCN)NC(=O)C1CCCC1. The highest BCUT2D eigenvalue weighted by atomic mass is 16.2. The quantitative estimate of drug-likeness (QED) is 0.594. The zero-order chi connectivity index (χ0) is 18.9. The van der Waals surface area contributed by atoms with E-state index in [4.69, 9.17) is 5.73 Å². The van der Waals surface area contributed by atoms with E-state index < -0.39 is 0 Å². The first-order valence-electron chi connectivity index (χ1n) is 10.1. The second-order valence-corrected chi connectivity index (χ2v) is 7.67. The summed E-state index contributed by atoms with van der Waals surface area (Å²) >= 11 is 0. The second kappa shape index (κ2) is 10.5. The van der Waals surface area contributed by atoms with Crippen LogP contribution >= 0.6 is 0 Å². The van der Waals surface area contributed by atoms with Crippen molar-refractivity contribution in [2.24, 2.45) is 11.7 Å². The van der Waals surface area contributed by atoms with E-state index in [0.717, 1.165) is 51.5 Å². The molecule has 2 atom stereocenters. The van der Waals surface area contributed by atoms with Crippen LogP contribution in [0.4, 0.5) is 0 Å². The normalized spacial score (nSPS) is 22.1. The van der Waals surface area contributed by atoms with Crippen LogP contribution in [0.3, 0.4) is 0 Å². The summed E-state index contributed by atoms with van der Waals surface area (Å²) in [5.41, 5.74) is 5.39. The van der Waals surface area contributed by atoms with Gasteiger partial charge in [-0.15, -0.1) is 0 Å². The van der Waals surface area contributed by atoms with Crippen LogP contribution in [-0.2, 0) is 14.4 Å². The van der Waals surface area contributed by atoms with E-state index >= 15 is 0 Å². The molecule has 148 valence electrons. The Kier molecular flexibility index (Phi) is 8.35. The van der Waals surface area contributed by atoms with Gasteiger partial charge in [0.1, 0.15) is 0 Å². The summed E-state index contributed by atoms with van der Waals surface area (Å²) in [6.45, 7) is 3.43. The van der Waals surface area contributed by atoms with Gasteiger partial charge < -0.3 is 21.3 Å². The van der Waals surface area contributed by atoms with Gasteiger partial charge in [0, 0.05) is 50.5 Å². The number of piperidine rings is 1. The van der Waals surface area contributed by atoms with Crippen molar-refractivity contribution in [2.75, 3.05) is 19.6 Å². The predicted octanol–water partition coefficient (Wildman–Crippen LogP) is 0.918. The third-order valence-electron chi connectivity index (χ3n) is 5.45. The number of rotatable bonds is 8. The van der Waals surface area contributed by atoms with E-state index in [1.807, 2.05) is 11.8 Å². The Balaban J connectivity index is 1.80. The fourth-order valence-electron chi connectivity index (χ4n) is 3.97. The number of carbonyl (C=O) groups excluding carboxylic acids is 3. The minimum Gasteiger partial charge on any atom is -0.354 e. The summed E-state index contributed by atoms with van der Waals surface area (Å²) < 4.78 is 0. The topological polar surface area (TPSA) is 105 Å². The maximum atomic E-state index is 12.7. The molecule has 0 aromatic carbocycles. The van der Waals surface area contributed by atoms with Gasteiger partial charge in [-0.2, -0.15) is 0 Å². The molecule has 1 saturated heterocycles. The Morgan fingerprint density at radius 2 is 1.81 bits per heavy atom. The molecular weight excluding hydrogens is 332 g/mol. The molecule has 0 bridgehead atoms. The third-order valence-corrected chi connectivity index (χ3v) is 5.45. The number of nitrogens with two attached hydrogens (primary N) is 1. The zero-order valence-electron chi connectivity index (χ0n) is 16.0. The number of hydrogen-bond acceptors (Lipinski definition) is 4. The van der Waals surface area contributed by atoms with Gasteiger partial charge in [0.25, 0.3) is 0 Å². The van der Waals surface area contributed by atoms with Crippen molar-refractivity contribution in [3.63, 3.8) is 0 Å². The Labute approximate surface area is 156 Å². The predicted molar refractivity (Wildman–Crippen MR) is 100 cm³/mol. The van der Waals surface area contributed by atoms with Crippen molar-refractivity contribution >= 4 is 17.7 Å².